The summed E-state index contributed by atoms with van der Waals surface area (Å²) in [5.41, 5.74) is 8.40. The molecule has 0 radical (unpaired) electrons. The van der Waals surface area contributed by atoms with Gasteiger partial charge in [-0.2, -0.15) is 0 Å². The van der Waals surface area contributed by atoms with Gasteiger partial charge in [0.15, 0.2) is 0 Å². The molecule has 0 heterocycles. The Labute approximate surface area is 508 Å². The zero-order chi connectivity index (χ0) is 58.8. The van der Waals surface area contributed by atoms with Crippen LogP contribution in [0.15, 0.2) is 267 Å². The quantitative estimate of drug-likeness (QED) is 0.0727. The fourth-order valence-electron chi connectivity index (χ4n) is 14.6. The van der Waals surface area contributed by atoms with Crippen molar-refractivity contribution in [3.8, 4) is 22.3 Å². The van der Waals surface area contributed by atoms with Gasteiger partial charge in [0.05, 0.1) is 39.3 Å². The third-order valence-electron chi connectivity index (χ3n) is 19.7. The molecule has 0 aromatic heterocycles. The van der Waals surface area contributed by atoms with Crippen molar-refractivity contribution in [2.75, 3.05) is 39.3 Å². The van der Waals surface area contributed by atoms with Crippen LogP contribution in [0.1, 0.15) is 52.7 Å². The van der Waals surface area contributed by atoms with Crippen LogP contribution in [0.2, 0.25) is 0 Å². The number of hydrogen-bond donors (Lipinski definition) is 0. The highest BCUT2D eigenvalue weighted by Gasteiger charge is 2.23. The summed E-state index contributed by atoms with van der Waals surface area (Å²) in [5.74, 6) is 0. The van der Waals surface area contributed by atoms with Crippen LogP contribution >= 0.6 is 0 Å². The Hall–Kier alpha value is -9.18. The molecule has 2 heteroatoms. The fourth-order valence-corrected chi connectivity index (χ4v) is 14.6. The molecular formula is C84H78N2. The Balaban J connectivity index is 0.000000113. The molecule has 0 spiro atoms. The maximum atomic E-state index is 2.42. The SMILES string of the molecule is CC[N+](CC)(CC)Cc1ccccc1.CC[N+](CC)(CC)Cc1ccccc1.c1ccc2c(c1)c1c3c4ccccc4c4ccccc4c3cc-1c1cccc[c-]12.c1ccc2c(c1)c1c3c4ccccc4c4ccccc4c3cc-1c1cccc[c-]12. The van der Waals surface area contributed by atoms with Gasteiger partial charge in [0.25, 0.3) is 0 Å². The molecule has 0 unspecified atom stereocenters. The highest BCUT2D eigenvalue weighted by molar-refractivity contribution is 6.38. The molecule has 4 aliphatic rings. The number of benzene rings is 14. The Bertz CT molecular complexity index is 4610. The summed E-state index contributed by atoms with van der Waals surface area (Å²) in [7, 11) is 0. The van der Waals surface area contributed by atoms with Gasteiger partial charge in [0.1, 0.15) is 13.1 Å². The maximum absolute atomic E-state index is 2.42. The van der Waals surface area contributed by atoms with Crippen molar-refractivity contribution in [3.63, 3.8) is 0 Å². The second-order valence-electron chi connectivity index (χ2n) is 23.7. The highest BCUT2D eigenvalue weighted by Crippen LogP contribution is 2.52. The van der Waals surface area contributed by atoms with Gasteiger partial charge in [-0.25, -0.2) is 0 Å². The molecule has 4 aliphatic carbocycles. The van der Waals surface area contributed by atoms with Crippen molar-refractivity contribution in [3.05, 3.63) is 278 Å². The van der Waals surface area contributed by atoms with E-state index in [1.807, 2.05) is 0 Å². The summed E-state index contributed by atoms with van der Waals surface area (Å²) >= 11 is 0. The molecule has 0 atom stereocenters. The first-order chi connectivity index (χ1) is 42.4. The van der Waals surface area contributed by atoms with Gasteiger partial charge in [0.2, 0.25) is 0 Å². The first-order valence-electron chi connectivity index (χ1n) is 31.6. The molecule has 12 aromatic carbocycles. The topological polar surface area (TPSA) is 0 Å². The lowest BCUT2D eigenvalue weighted by atomic mass is 9.89. The van der Waals surface area contributed by atoms with Crippen molar-refractivity contribution < 1.29 is 8.97 Å². The average Bonchev–Trinajstić information content (AvgIpc) is 2.23. The van der Waals surface area contributed by atoms with Gasteiger partial charge in [-0.3, -0.25) is 0 Å². The first-order valence-corrected chi connectivity index (χ1v) is 31.6. The van der Waals surface area contributed by atoms with E-state index in [1.165, 1.54) is 202 Å². The average molecular weight is 1120 g/mol. The minimum Gasteiger partial charge on any atom is -0.321 e. The van der Waals surface area contributed by atoms with E-state index >= 15 is 0 Å². The summed E-state index contributed by atoms with van der Waals surface area (Å²) < 4.78 is 2.40. The Kier molecular flexibility index (Phi) is 15.7. The first kappa shape index (κ1) is 56.0. The fraction of sp³-hybridized carbons (Fsp3) is 0.167. The van der Waals surface area contributed by atoms with Gasteiger partial charge < -0.3 is 8.97 Å². The van der Waals surface area contributed by atoms with Gasteiger partial charge >= 0.3 is 0 Å². The Morgan fingerprint density at radius 3 is 0.837 bits per heavy atom. The van der Waals surface area contributed by atoms with Crippen LogP contribution in [-0.2, 0) is 13.1 Å². The largest absolute Gasteiger partial charge is 0.321 e. The third-order valence-corrected chi connectivity index (χ3v) is 19.7. The van der Waals surface area contributed by atoms with E-state index in [2.05, 4.69) is 308 Å². The van der Waals surface area contributed by atoms with E-state index in [9.17, 15) is 0 Å². The predicted molar refractivity (Wildman–Crippen MR) is 376 cm³/mol. The summed E-state index contributed by atoms with van der Waals surface area (Å²) in [5, 5.41) is 26.9. The predicted octanol–water partition coefficient (Wildman–Crippen LogP) is 22.7. The molecule has 0 aliphatic heterocycles. The zero-order valence-corrected chi connectivity index (χ0v) is 51.0. The molecule has 16 rings (SSSR count). The van der Waals surface area contributed by atoms with Crippen molar-refractivity contribution in [2.24, 2.45) is 0 Å². The number of quaternary nitrogens is 2. The summed E-state index contributed by atoms with van der Waals surface area (Å²) in [6.07, 6.45) is 0. The molecule has 2 nitrogen and oxygen atoms in total. The van der Waals surface area contributed by atoms with E-state index in [4.69, 9.17) is 0 Å². The summed E-state index contributed by atoms with van der Waals surface area (Å²) in [6, 6.07) is 97.2. The summed E-state index contributed by atoms with van der Waals surface area (Å²) in [4.78, 5) is 0. The maximum Gasteiger partial charge on any atom is 0.104 e. The molecular weight excluding hydrogens is 1040 g/mol. The number of rotatable bonds is 10. The minimum atomic E-state index is 1.17. The lowest BCUT2D eigenvalue weighted by Gasteiger charge is -2.35. The van der Waals surface area contributed by atoms with Gasteiger partial charge in [-0.1, -0.05) is 272 Å². The molecule has 86 heavy (non-hydrogen) atoms. The Morgan fingerprint density at radius 1 is 0.244 bits per heavy atom. The van der Waals surface area contributed by atoms with Gasteiger partial charge in [-0.15, -0.1) is 60.7 Å². The lowest BCUT2D eigenvalue weighted by molar-refractivity contribution is -0.936. The second kappa shape index (κ2) is 24.1. The third kappa shape index (κ3) is 9.91. The summed E-state index contributed by atoms with van der Waals surface area (Å²) in [6.45, 7) is 23.4. The van der Waals surface area contributed by atoms with Crippen LogP contribution in [0, 0.1) is 0 Å². The van der Waals surface area contributed by atoms with Crippen molar-refractivity contribution in [1.82, 2.24) is 0 Å². The van der Waals surface area contributed by atoms with Crippen LogP contribution in [0.4, 0.5) is 0 Å². The lowest BCUT2D eigenvalue weighted by Crippen LogP contribution is -2.46. The standard InChI is InChI=1S/2C29H17.2C13H22N/c2*1-3-13-22-18(9-1)20-11-5-7-15-24(20)28-26(22)17-27-23-14-4-2-10-19(23)21-12-6-8-16-25(21)29(27)28;2*1-4-14(5-2,6-3)12-13-10-8-7-9-11-13/h2*1-17H;2*7-11H,4-6,12H2,1-3H3/q2*-1;2*+1. The molecule has 12 aromatic rings. The smallest absolute Gasteiger partial charge is 0.104 e. The molecule has 0 fully saturated rings. The van der Waals surface area contributed by atoms with E-state index < -0.39 is 0 Å². The Morgan fingerprint density at radius 2 is 0.500 bits per heavy atom. The van der Waals surface area contributed by atoms with Crippen LogP contribution < -0.4 is 0 Å². The van der Waals surface area contributed by atoms with Crippen LogP contribution in [0.25, 0.3) is 130 Å². The number of hydrogen-bond acceptors (Lipinski definition) is 0. The number of fused-ring (bicyclic) bond motifs is 26. The highest BCUT2D eigenvalue weighted by atomic mass is 15.3. The van der Waals surface area contributed by atoms with Crippen molar-refractivity contribution in [1.29, 1.82) is 0 Å². The minimum absolute atomic E-state index is 1.17. The number of nitrogens with zero attached hydrogens (tertiary/aromatic N) is 2. The van der Waals surface area contributed by atoms with E-state index in [0.29, 0.717) is 0 Å². The van der Waals surface area contributed by atoms with E-state index in [-0.39, 0.29) is 0 Å². The molecule has 0 saturated carbocycles. The van der Waals surface area contributed by atoms with Crippen molar-refractivity contribution >= 4 is 108 Å². The monoisotopic (exact) mass is 1110 g/mol. The molecule has 0 saturated heterocycles. The van der Waals surface area contributed by atoms with E-state index in [1.54, 1.807) is 0 Å². The van der Waals surface area contributed by atoms with Gasteiger partial charge in [0, 0.05) is 11.1 Å². The molecule has 0 bridgehead atoms. The molecule has 0 amide bonds. The zero-order valence-electron chi connectivity index (χ0n) is 51.0. The van der Waals surface area contributed by atoms with E-state index in [0.717, 1.165) is 0 Å². The normalized spacial score (nSPS) is 12.0. The van der Waals surface area contributed by atoms with Crippen LogP contribution in [0.3, 0.4) is 0 Å². The molecule has 0 N–H and O–H groups in total. The van der Waals surface area contributed by atoms with Crippen LogP contribution in [0.5, 0.6) is 0 Å². The molecule has 424 valence electrons. The van der Waals surface area contributed by atoms with Crippen LogP contribution in [-0.4, -0.2) is 48.2 Å². The second-order valence-corrected chi connectivity index (χ2v) is 23.7. The van der Waals surface area contributed by atoms with Gasteiger partial charge in [-0.05, 0) is 106 Å². The van der Waals surface area contributed by atoms with Crippen molar-refractivity contribution in [2.45, 2.75) is 54.6 Å².